The highest BCUT2D eigenvalue weighted by molar-refractivity contribution is 6.06. The van der Waals surface area contributed by atoms with Gasteiger partial charge in [-0.3, -0.25) is 9.59 Å². The Hall–Kier alpha value is -3.41. The van der Waals surface area contributed by atoms with E-state index in [0.717, 1.165) is 16.5 Å². The summed E-state index contributed by atoms with van der Waals surface area (Å²) in [4.78, 5) is 35.3. The first-order valence-electron chi connectivity index (χ1n) is 8.07. The molecule has 0 spiro atoms. The molecule has 2 aromatic carbocycles. The van der Waals surface area contributed by atoms with Crippen LogP contribution in [-0.4, -0.2) is 11.8 Å². The molecule has 0 fully saturated rings. The molecule has 26 heavy (non-hydrogen) atoms. The summed E-state index contributed by atoms with van der Waals surface area (Å²) in [7, 11) is 0. The zero-order valence-corrected chi connectivity index (χ0v) is 14.7. The average molecular weight is 350 g/mol. The van der Waals surface area contributed by atoms with Crippen LogP contribution in [0.3, 0.4) is 0 Å². The molecule has 3 rings (SSSR count). The standard InChI is InChI=1S/C20H18N2O4/c1-11-8-19(24)26-18-7-12(2)17(10-16(11)18)22-20(25)14-5-4-6-15(9-14)21-13(3)23/h4-10H,1-3H3,(H,21,23)(H,22,25). The minimum Gasteiger partial charge on any atom is -0.423 e. The van der Waals surface area contributed by atoms with Crippen molar-refractivity contribution < 1.29 is 14.0 Å². The molecule has 0 aliphatic carbocycles. The van der Waals surface area contributed by atoms with Crippen LogP contribution in [0.1, 0.15) is 28.4 Å². The van der Waals surface area contributed by atoms with Crippen LogP contribution in [0.5, 0.6) is 0 Å². The Labute approximate surface area is 149 Å². The number of benzene rings is 2. The van der Waals surface area contributed by atoms with Crippen molar-refractivity contribution in [1.29, 1.82) is 0 Å². The molecule has 0 aliphatic rings. The number of carbonyl (C=O) groups excluding carboxylic acids is 2. The molecule has 0 unspecified atom stereocenters. The number of amides is 2. The Kier molecular flexibility index (Phi) is 4.58. The SMILES string of the molecule is CC(=O)Nc1cccc(C(=O)Nc2cc3c(C)cc(=O)oc3cc2C)c1. The first kappa shape index (κ1) is 17.4. The van der Waals surface area contributed by atoms with Crippen molar-refractivity contribution in [2.75, 3.05) is 10.6 Å². The van der Waals surface area contributed by atoms with Crippen molar-refractivity contribution in [3.05, 3.63) is 69.6 Å². The van der Waals surface area contributed by atoms with Crippen molar-refractivity contribution in [2.45, 2.75) is 20.8 Å². The molecule has 1 aromatic heterocycles. The van der Waals surface area contributed by atoms with Crippen LogP contribution in [0, 0.1) is 13.8 Å². The van der Waals surface area contributed by atoms with E-state index in [0.29, 0.717) is 22.5 Å². The van der Waals surface area contributed by atoms with Crippen LogP contribution < -0.4 is 16.3 Å². The van der Waals surface area contributed by atoms with Crippen LogP contribution in [0.15, 0.2) is 51.7 Å². The fourth-order valence-electron chi connectivity index (χ4n) is 2.74. The highest BCUT2D eigenvalue weighted by Gasteiger charge is 2.12. The lowest BCUT2D eigenvalue weighted by molar-refractivity contribution is -0.114. The van der Waals surface area contributed by atoms with Crippen LogP contribution in [-0.2, 0) is 4.79 Å². The second-order valence-electron chi connectivity index (χ2n) is 6.13. The summed E-state index contributed by atoms with van der Waals surface area (Å²) in [6, 6.07) is 11.6. The van der Waals surface area contributed by atoms with Gasteiger partial charge < -0.3 is 15.1 Å². The molecule has 3 aromatic rings. The van der Waals surface area contributed by atoms with Gasteiger partial charge >= 0.3 is 5.63 Å². The van der Waals surface area contributed by atoms with Gasteiger partial charge in [-0.15, -0.1) is 0 Å². The smallest absolute Gasteiger partial charge is 0.336 e. The topological polar surface area (TPSA) is 88.4 Å². The molecular weight excluding hydrogens is 332 g/mol. The summed E-state index contributed by atoms with van der Waals surface area (Å²) in [6.45, 7) is 5.05. The van der Waals surface area contributed by atoms with Crippen LogP contribution in [0.4, 0.5) is 11.4 Å². The molecule has 0 saturated heterocycles. The molecule has 0 saturated carbocycles. The minimum atomic E-state index is -0.402. The lowest BCUT2D eigenvalue weighted by Crippen LogP contribution is -2.14. The largest absolute Gasteiger partial charge is 0.423 e. The maximum Gasteiger partial charge on any atom is 0.336 e. The number of aryl methyl sites for hydroxylation is 2. The number of carbonyl (C=O) groups is 2. The number of hydrogen-bond acceptors (Lipinski definition) is 4. The summed E-state index contributed by atoms with van der Waals surface area (Å²) in [5, 5.41) is 6.28. The average Bonchev–Trinajstić information content (AvgIpc) is 2.55. The van der Waals surface area contributed by atoms with E-state index < -0.39 is 5.63 Å². The van der Waals surface area contributed by atoms with Crippen LogP contribution >= 0.6 is 0 Å². The monoisotopic (exact) mass is 350 g/mol. The van der Waals surface area contributed by atoms with Gasteiger partial charge in [0, 0.05) is 35.3 Å². The summed E-state index contributed by atoms with van der Waals surface area (Å²) < 4.78 is 5.21. The first-order valence-corrected chi connectivity index (χ1v) is 8.07. The molecular formula is C20H18N2O4. The number of rotatable bonds is 3. The molecule has 0 bridgehead atoms. The third-order valence-electron chi connectivity index (χ3n) is 3.99. The highest BCUT2D eigenvalue weighted by Crippen LogP contribution is 2.25. The van der Waals surface area contributed by atoms with Crippen LogP contribution in [0.2, 0.25) is 0 Å². The fraction of sp³-hybridized carbons (Fsp3) is 0.150. The zero-order valence-electron chi connectivity index (χ0n) is 14.7. The molecule has 0 radical (unpaired) electrons. The summed E-state index contributed by atoms with van der Waals surface area (Å²) >= 11 is 0. The van der Waals surface area contributed by atoms with E-state index in [9.17, 15) is 14.4 Å². The summed E-state index contributed by atoms with van der Waals surface area (Å²) in [5.41, 5.74) is 3.24. The zero-order chi connectivity index (χ0) is 18.8. The van der Waals surface area contributed by atoms with E-state index in [1.807, 2.05) is 13.8 Å². The van der Waals surface area contributed by atoms with E-state index in [4.69, 9.17) is 4.42 Å². The normalized spacial score (nSPS) is 10.6. The van der Waals surface area contributed by atoms with Gasteiger partial charge in [0.25, 0.3) is 5.91 Å². The second-order valence-corrected chi connectivity index (χ2v) is 6.13. The van der Waals surface area contributed by atoms with Gasteiger partial charge in [-0.05, 0) is 55.3 Å². The Morgan fingerprint density at radius 1 is 0.962 bits per heavy atom. The molecule has 2 N–H and O–H groups in total. The molecule has 6 heteroatoms. The lowest BCUT2D eigenvalue weighted by atomic mass is 10.1. The lowest BCUT2D eigenvalue weighted by Gasteiger charge is -2.11. The van der Waals surface area contributed by atoms with Crippen molar-refractivity contribution in [3.8, 4) is 0 Å². The third kappa shape index (κ3) is 3.64. The Morgan fingerprint density at radius 2 is 1.73 bits per heavy atom. The predicted octanol–water partition coefficient (Wildman–Crippen LogP) is 3.62. The number of nitrogens with one attached hydrogen (secondary N) is 2. The fourth-order valence-corrected chi connectivity index (χ4v) is 2.74. The van der Waals surface area contributed by atoms with Gasteiger partial charge in [0.1, 0.15) is 5.58 Å². The molecule has 0 aliphatic heterocycles. The number of anilines is 2. The predicted molar refractivity (Wildman–Crippen MR) is 101 cm³/mol. The van der Waals surface area contributed by atoms with Gasteiger partial charge in [0.15, 0.2) is 0 Å². The van der Waals surface area contributed by atoms with Gasteiger partial charge in [-0.25, -0.2) is 4.79 Å². The Balaban J connectivity index is 1.93. The van der Waals surface area contributed by atoms with Gasteiger partial charge in [0.05, 0.1) is 0 Å². The number of fused-ring (bicyclic) bond motifs is 1. The van der Waals surface area contributed by atoms with Gasteiger partial charge in [-0.2, -0.15) is 0 Å². The van der Waals surface area contributed by atoms with E-state index in [-0.39, 0.29) is 11.8 Å². The van der Waals surface area contributed by atoms with Crippen LogP contribution in [0.25, 0.3) is 11.0 Å². The maximum atomic E-state index is 12.6. The second kappa shape index (κ2) is 6.84. The molecule has 2 amide bonds. The first-order chi connectivity index (χ1) is 12.3. The van der Waals surface area contributed by atoms with E-state index in [2.05, 4.69) is 10.6 Å². The molecule has 1 heterocycles. The van der Waals surface area contributed by atoms with Crippen molar-refractivity contribution in [3.63, 3.8) is 0 Å². The van der Waals surface area contributed by atoms with Gasteiger partial charge in [-0.1, -0.05) is 6.07 Å². The minimum absolute atomic E-state index is 0.204. The highest BCUT2D eigenvalue weighted by atomic mass is 16.4. The van der Waals surface area contributed by atoms with Crippen molar-refractivity contribution in [1.82, 2.24) is 0 Å². The summed E-state index contributed by atoms with van der Waals surface area (Å²) in [6.07, 6.45) is 0. The maximum absolute atomic E-state index is 12.6. The quantitative estimate of drug-likeness (QED) is 0.706. The summed E-state index contributed by atoms with van der Waals surface area (Å²) in [5.74, 6) is -0.500. The van der Waals surface area contributed by atoms with Gasteiger partial charge in [0.2, 0.25) is 5.91 Å². The Morgan fingerprint density at radius 3 is 2.46 bits per heavy atom. The molecule has 132 valence electrons. The van der Waals surface area contributed by atoms with E-state index in [1.165, 1.54) is 13.0 Å². The molecule has 0 atom stereocenters. The number of hydrogen-bond donors (Lipinski definition) is 2. The third-order valence-corrected chi connectivity index (χ3v) is 3.99. The Bertz CT molecular complexity index is 1080. The van der Waals surface area contributed by atoms with E-state index in [1.54, 1.807) is 36.4 Å². The van der Waals surface area contributed by atoms with Crippen molar-refractivity contribution in [2.24, 2.45) is 0 Å². The van der Waals surface area contributed by atoms with Crippen molar-refractivity contribution >= 4 is 34.2 Å². The van der Waals surface area contributed by atoms with E-state index >= 15 is 0 Å². The molecule has 6 nitrogen and oxygen atoms in total.